The van der Waals surface area contributed by atoms with Gasteiger partial charge in [0, 0.05) is 17.7 Å². The Balaban J connectivity index is 2.04. The number of rotatable bonds is 9. The highest BCUT2D eigenvalue weighted by atomic mass is 32.2. The molecule has 1 saturated carbocycles. The Bertz CT molecular complexity index is 676. The van der Waals surface area contributed by atoms with Crippen molar-refractivity contribution < 1.29 is 33.1 Å². The summed E-state index contributed by atoms with van der Waals surface area (Å²) in [5.74, 6) is -2.04. The monoisotopic (exact) mass is 436 g/mol. The molecule has 1 aliphatic heterocycles. The summed E-state index contributed by atoms with van der Waals surface area (Å²) in [6.45, 7) is 2.91. The van der Waals surface area contributed by atoms with E-state index in [1.807, 2.05) is 12.2 Å². The summed E-state index contributed by atoms with van der Waals surface area (Å²) in [5, 5.41) is 12.9. The van der Waals surface area contributed by atoms with E-state index < -0.39 is 54.8 Å². The summed E-state index contributed by atoms with van der Waals surface area (Å²) in [4.78, 5) is 49.3. The first-order chi connectivity index (χ1) is 13.5. The average molecular weight is 436 g/mol. The van der Waals surface area contributed by atoms with E-state index in [9.17, 15) is 28.0 Å². The third-order valence-corrected chi connectivity index (χ3v) is 6.26. The third-order valence-electron chi connectivity index (χ3n) is 5.07. The molecule has 1 unspecified atom stereocenters. The van der Waals surface area contributed by atoms with Crippen LogP contribution in [0.15, 0.2) is 0 Å². The molecule has 4 amide bonds. The molecule has 4 N–H and O–H groups in total. The van der Waals surface area contributed by atoms with Gasteiger partial charge in [-0.1, -0.05) is 0 Å². The van der Waals surface area contributed by atoms with Gasteiger partial charge < -0.3 is 20.6 Å². The Kier molecular flexibility index (Phi) is 7.30. The Morgan fingerprint density at radius 1 is 1.31 bits per heavy atom. The van der Waals surface area contributed by atoms with Gasteiger partial charge in [-0.2, -0.15) is 0 Å². The van der Waals surface area contributed by atoms with Crippen molar-refractivity contribution in [3.05, 3.63) is 0 Å². The van der Waals surface area contributed by atoms with Crippen LogP contribution < -0.4 is 15.4 Å². The van der Waals surface area contributed by atoms with Crippen LogP contribution in [0.4, 0.5) is 13.6 Å². The molecule has 164 valence electrons. The highest BCUT2D eigenvalue weighted by molar-refractivity contribution is 7.99. The van der Waals surface area contributed by atoms with Gasteiger partial charge in [0.15, 0.2) is 0 Å². The fourth-order valence-electron chi connectivity index (χ4n) is 3.02. The van der Waals surface area contributed by atoms with Gasteiger partial charge in [-0.15, -0.1) is 0 Å². The molecular weight excluding hydrogens is 410 g/mol. The predicted octanol–water partition coefficient (Wildman–Crippen LogP) is 1.09. The summed E-state index contributed by atoms with van der Waals surface area (Å²) in [7, 11) is 0. The van der Waals surface area contributed by atoms with Gasteiger partial charge in [-0.3, -0.25) is 19.1 Å². The maximum atomic E-state index is 13.1. The first-order valence-corrected chi connectivity index (χ1v) is 10.1. The fraction of sp³-hybridized carbons (Fsp3) is 0.765. The molecule has 0 aromatic rings. The van der Waals surface area contributed by atoms with Crippen molar-refractivity contribution in [1.29, 1.82) is 0 Å². The number of nitrogens with one attached hydrogen (secondary N) is 3. The Morgan fingerprint density at radius 2 is 1.97 bits per heavy atom. The Hall–Kier alpha value is -2.11. The lowest BCUT2D eigenvalue weighted by molar-refractivity contribution is -0.140. The zero-order chi connectivity index (χ0) is 21.8. The second-order valence-corrected chi connectivity index (χ2v) is 9.20. The molecule has 0 aromatic carbocycles. The predicted molar refractivity (Wildman–Crippen MR) is 101 cm³/mol. The van der Waals surface area contributed by atoms with E-state index in [2.05, 4.69) is 10.0 Å². The number of hydrogen-bond donors (Lipinski definition) is 4. The summed E-state index contributed by atoms with van der Waals surface area (Å²) in [5.41, 5.74) is -1.85. The van der Waals surface area contributed by atoms with Gasteiger partial charge >= 0.3 is 6.09 Å². The van der Waals surface area contributed by atoms with Gasteiger partial charge in [0.1, 0.15) is 18.1 Å². The van der Waals surface area contributed by atoms with Crippen molar-refractivity contribution in [1.82, 2.24) is 20.3 Å². The van der Waals surface area contributed by atoms with Gasteiger partial charge in [0.2, 0.25) is 18.2 Å². The molecule has 2 rings (SSSR count). The van der Waals surface area contributed by atoms with E-state index in [1.54, 1.807) is 0 Å². The second kappa shape index (κ2) is 9.14. The molecule has 0 radical (unpaired) electrons. The molecule has 2 fully saturated rings. The van der Waals surface area contributed by atoms with Crippen molar-refractivity contribution >= 4 is 35.8 Å². The van der Waals surface area contributed by atoms with Crippen molar-refractivity contribution in [3.8, 4) is 0 Å². The Morgan fingerprint density at radius 3 is 2.52 bits per heavy atom. The van der Waals surface area contributed by atoms with Crippen LogP contribution in [0.5, 0.6) is 0 Å². The van der Waals surface area contributed by atoms with Crippen molar-refractivity contribution in [2.45, 2.75) is 68.7 Å². The number of alkyl halides is 2. The average Bonchev–Trinajstić information content (AvgIpc) is 3.15. The highest BCUT2D eigenvalue weighted by Crippen LogP contribution is 2.46. The molecule has 1 heterocycles. The van der Waals surface area contributed by atoms with Crippen LogP contribution in [0.3, 0.4) is 0 Å². The number of hydrogen-bond acceptors (Lipinski definition) is 5. The van der Waals surface area contributed by atoms with Crippen LogP contribution in [0, 0.1) is 0 Å². The van der Waals surface area contributed by atoms with E-state index in [0.29, 0.717) is 12.8 Å². The molecule has 2 aliphatic rings. The molecule has 9 nitrogen and oxygen atoms in total. The lowest BCUT2D eigenvalue weighted by atomic mass is 9.96. The SMILES string of the molecule is CC1(SNC(=O)[C@@](C)(CC(F)F)NC(=O)C2CCCN2C(=O)CNC(=O)O)CC1. The van der Waals surface area contributed by atoms with Crippen molar-refractivity contribution in [2.24, 2.45) is 0 Å². The molecule has 0 spiro atoms. The van der Waals surface area contributed by atoms with E-state index in [1.165, 1.54) is 11.8 Å². The number of likely N-dealkylation sites (tertiary alicyclic amines) is 1. The number of carboxylic acid groups (broad SMARTS) is 1. The van der Waals surface area contributed by atoms with E-state index >= 15 is 0 Å². The molecule has 0 aromatic heterocycles. The van der Waals surface area contributed by atoms with Crippen LogP contribution in [-0.4, -0.2) is 69.7 Å². The number of nitrogens with zero attached hydrogens (tertiary/aromatic N) is 1. The number of carbonyl (C=O) groups excluding carboxylic acids is 3. The van der Waals surface area contributed by atoms with E-state index in [4.69, 9.17) is 5.11 Å². The summed E-state index contributed by atoms with van der Waals surface area (Å²) < 4.78 is 28.7. The minimum atomic E-state index is -2.83. The largest absolute Gasteiger partial charge is 0.465 e. The molecule has 1 saturated heterocycles. The fourth-order valence-corrected chi connectivity index (χ4v) is 3.89. The van der Waals surface area contributed by atoms with Crippen LogP contribution >= 0.6 is 11.9 Å². The minimum Gasteiger partial charge on any atom is -0.465 e. The molecule has 0 bridgehead atoms. The van der Waals surface area contributed by atoms with Crippen molar-refractivity contribution in [3.63, 3.8) is 0 Å². The van der Waals surface area contributed by atoms with E-state index in [-0.39, 0.29) is 11.3 Å². The number of amides is 4. The van der Waals surface area contributed by atoms with Gasteiger partial charge in [-0.05, 0) is 51.5 Å². The van der Waals surface area contributed by atoms with Crippen LogP contribution in [0.25, 0.3) is 0 Å². The molecule has 12 heteroatoms. The first kappa shape index (κ1) is 23.2. The second-order valence-electron chi connectivity index (χ2n) is 7.80. The van der Waals surface area contributed by atoms with E-state index in [0.717, 1.165) is 24.8 Å². The maximum Gasteiger partial charge on any atom is 0.405 e. The summed E-state index contributed by atoms with van der Waals surface area (Å²) in [6, 6.07) is -0.948. The molecule has 2 atom stereocenters. The lowest BCUT2D eigenvalue weighted by Gasteiger charge is -2.32. The molecular formula is C17H26F2N4O5S. The maximum absolute atomic E-state index is 13.1. The number of halogens is 2. The molecule has 1 aliphatic carbocycles. The molecule has 29 heavy (non-hydrogen) atoms. The van der Waals surface area contributed by atoms with Crippen LogP contribution in [-0.2, 0) is 14.4 Å². The third kappa shape index (κ3) is 6.44. The van der Waals surface area contributed by atoms with Crippen LogP contribution in [0.2, 0.25) is 0 Å². The van der Waals surface area contributed by atoms with Gasteiger partial charge in [0.25, 0.3) is 5.91 Å². The van der Waals surface area contributed by atoms with Crippen LogP contribution in [0.1, 0.15) is 46.0 Å². The minimum absolute atomic E-state index is 0.114. The standard InChI is InChI=1S/C17H26F2N4O5S/c1-16(5-6-16)29-22-14(26)17(2,8-11(18)19)21-13(25)10-4-3-7-23(10)12(24)9-20-15(27)28/h10-11,20H,3-9H2,1-2H3,(H,21,25)(H,22,26)(H,27,28)/t10?,17-/m1/s1. The number of carbonyl (C=O) groups is 4. The zero-order valence-corrected chi connectivity index (χ0v) is 17.1. The first-order valence-electron chi connectivity index (χ1n) is 9.31. The normalized spacial score (nSPS) is 22.0. The Labute approximate surface area is 171 Å². The van der Waals surface area contributed by atoms with Crippen molar-refractivity contribution in [2.75, 3.05) is 13.1 Å². The summed E-state index contributed by atoms with van der Waals surface area (Å²) in [6.07, 6.45) is -2.47. The zero-order valence-electron chi connectivity index (χ0n) is 16.3. The highest BCUT2D eigenvalue weighted by Gasteiger charge is 2.44. The lowest BCUT2D eigenvalue weighted by Crippen LogP contribution is -2.60. The summed E-state index contributed by atoms with van der Waals surface area (Å²) >= 11 is 1.16. The van der Waals surface area contributed by atoms with Gasteiger partial charge in [-0.25, -0.2) is 13.6 Å². The quantitative estimate of drug-likeness (QED) is 0.401. The van der Waals surface area contributed by atoms with Gasteiger partial charge in [0.05, 0.1) is 0 Å². The topological polar surface area (TPSA) is 128 Å². The smallest absolute Gasteiger partial charge is 0.405 e.